The Morgan fingerprint density at radius 2 is 2.11 bits per heavy atom. The van der Waals surface area contributed by atoms with Crippen molar-refractivity contribution < 1.29 is 4.39 Å². The second kappa shape index (κ2) is 6.68. The lowest BCUT2D eigenvalue weighted by Gasteiger charge is -2.30. The fourth-order valence-corrected chi connectivity index (χ4v) is 4.69. The number of aromatic nitrogens is 4. The van der Waals surface area contributed by atoms with Crippen LogP contribution in [0.2, 0.25) is 0 Å². The Morgan fingerprint density at radius 1 is 1.19 bits per heavy atom. The lowest BCUT2D eigenvalue weighted by molar-refractivity contribution is 0.241. The lowest BCUT2D eigenvalue weighted by atomic mass is 9.98. The first-order valence-electron chi connectivity index (χ1n) is 9.83. The molecule has 0 saturated carbocycles. The molecule has 0 aliphatic carbocycles. The van der Waals surface area contributed by atoms with Crippen LogP contribution in [0.3, 0.4) is 0 Å². The second-order valence-electron chi connectivity index (χ2n) is 7.68. The topological polar surface area (TPSA) is 46.8 Å². The Labute approximate surface area is 158 Å². The number of alkyl halides is 1. The van der Waals surface area contributed by atoms with Crippen molar-refractivity contribution in [1.82, 2.24) is 24.4 Å². The van der Waals surface area contributed by atoms with Crippen molar-refractivity contribution in [3.63, 3.8) is 0 Å². The van der Waals surface area contributed by atoms with Gasteiger partial charge in [-0.2, -0.15) is 0 Å². The van der Waals surface area contributed by atoms with E-state index in [-0.39, 0.29) is 0 Å². The Bertz CT molecular complexity index is 978. The molecule has 6 heteroatoms. The van der Waals surface area contributed by atoms with Crippen LogP contribution in [0.5, 0.6) is 0 Å². The molecule has 5 heterocycles. The summed E-state index contributed by atoms with van der Waals surface area (Å²) in [5, 5.41) is 0. The summed E-state index contributed by atoms with van der Waals surface area (Å²) in [6.45, 7) is 4.54. The molecule has 2 aliphatic heterocycles. The third-order valence-corrected chi connectivity index (χ3v) is 6.02. The van der Waals surface area contributed by atoms with Gasteiger partial charge in [0.25, 0.3) is 0 Å². The number of pyridine rings is 1. The summed E-state index contributed by atoms with van der Waals surface area (Å²) >= 11 is 0. The number of nitrogens with zero attached hydrogens (tertiary/aromatic N) is 5. The summed E-state index contributed by atoms with van der Waals surface area (Å²) in [6.07, 6.45) is 7.85. The maximum Gasteiger partial charge on any atom is 0.159 e. The summed E-state index contributed by atoms with van der Waals surface area (Å²) in [5.74, 6) is 0. The summed E-state index contributed by atoms with van der Waals surface area (Å²) in [6, 6.07) is 4.62. The molecule has 140 valence electrons. The van der Waals surface area contributed by atoms with Crippen molar-refractivity contribution in [2.75, 3.05) is 13.1 Å². The van der Waals surface area contributed by atoms with Crippen LogP contribution >= 0.6 is 0 Å². The minimum Gasteiger partial charge on any atom is -0.328 e. The van der Waals surface area contributed by atoms with Gasteiger partial charge >= 0.3 is 0 Å². The Morgan fingerprint density at radius 3 is 2.93 bits per heavy atom. The Hall–Kier alpha value is -2.34. The average Bonchev–Trinajstić information content (AvgIpc) is 3.29. The lowest BCUT2D eigenvalue weighted by Crippen LogP contribution is -2.31. The van der Waals surface area contributed by atoms with Crippen LogP contribution < -0.4 is 0 Å². The van der Waals surface area contributed by atoms with E-state index in [1.807, 2.05) is 13.1 Å². The first-order valence-corrected chi connectivity index (χ1v) is 9.83. The molecule has 0 aromatic carbocycles. The van der Waals surface area contributed by atoms with Crippen LogP contribution in [-0.4, -0.2) is 37.5 Å². The Balaban J connectivity index is 1.58. The van der Waals surface area contributed by atoms with Gasteiger partial charge in [-0.3, -0.25) is 9.88 Å². The van der Waals surface area contributed by atoms with E-state index in [0.717, 1.165) is 55.8 Å². The van der Waals surface area contributed by atoms with Gasteiger partial charge in [0.1, 0.15) is 12.2 Å². The van der Waals surface area contributed by atoms with E-state index in [0.29, 0.717) is 11.7 Å². The molecule has 1 saturated heterocycles. The maximum absolute atomic E-state index is 13.2. The second-order valence-corrected chi connectivity index (χ2v) is 7.68. The molecule has 5 nitrogen and oxygen atoms in total. The monoisotopic (exact) mass is 365 g/mol. The van der Waals surface area contributed by atoms with E-state index in [1.54, 1.807) is 6.20 Å². The number of hydrogen-bond donors (Lipinski definition) is 0. The molecule has 3 aromatic rings. The molecular weight excluding hydrogens is 341 g/mol. The zero-order valence-corrected chi connectivity index (χ0v) is 15.7. The van der Waals surface area contributed by atoms with Crippen molar-refractivity contribution in [3.05, 3.63) is 52.7 Å². The number of fused-ring (bicyclic) bond motifs is 5. The molecule has 2 aliphatic rings. The predicted molar refractivity (Wildman–Crippen MR) is 102 cm³/mol. The zero-order valence-electron chi connectivity index (χ0n) is 15.7. The van der Waals surface area contributed by atoms with Gasteiger partial charge in [-0.05, 0) is 44.4 Å². The van der Waals surface area contributed by atoms with E-state index in [1.165, 1.54) is 23.2 Å². The fourth-order valence-electron chi connectivity index (χ4n) is 4.69. The molecule has 1 fully saturated rings. The standard InChI is InChI=1S/C21H24FN5/c1-14-4-5-15(12-23-14)6-10-27-18-7-9-26-8-2-3-17(26)19(18)20-21(27)24-13-16(11-22)25-20/h4-5,12-13,17H,2-3,6-11H2,1H3. The predicted octanol–water partition coefficient (Wildman–Crippen LogP) is 3.54. The van der Waals surface area contributed by atoms with Crippen LogP contribution in [0.25, 0.3) is 11.2 Å². The molecule has 5 rings (SSSR count). The van der Waals surface area contributed by atoms with Crippen molar-refractivity contribution in [3.8, 4) is 0 Å². The minimum absolute atomic E-state index is 0.419. The molecule has 0 amide bonds. The number of halogens is 1. The van der Waals surface area contributed by atoms with Crippen LogP contribution in [0.1, 0.15) is 47.1 Å². The highest BCUT2D eigenvalue weighted by atomic mass is 19.1. The maximum atomic E-state index is 13.2. The van der Waals surface area contributed by atoms with Crippen molar-refractivity contribution in [1.29, 1.82) is 0 Å². The number of aryl methyl sites for hydroxylation is 3. The first kappa shape index (κ1) is 16.8. The van der Waals surface area contributed by atoms with E-state index in [4.69, 9.17) is 0 Å². The van der Waals surface area contributed by atoms with Crippen LogP contribution in [-0.2, 0) is 26.1 Å². The largest absolute Gasteiger partial charge is 0.328 e. The van der Waals surface area contributed by atoms with Crippen LogP contribution in [0, 0.1) is 6.92 Å². The average molecular weight is 365 g/mol. The third-order valence-electron chi connectivity index (χ3n) is 6.02. The molecular formula is C21H24FN5. The van der Waals surface area contributed by atoms with E-state index in [2.05, 4.69) is 36.6 Å². The highest BCUT2D eigenvalue weighted by molar-refractivity contribution is 5.79. The minimum atomic E-state index is -0.563. The summed E-state index contributed by atoms with van der Waals surface area (Å²) in [4.78, 5) is 16.2. The Kier molecular flexibility index (Phi) is 4.16. The third kappa shape index (κ3) is 2.83. The van der Waals surface area contributed by atoms with Crippen molar-refractivity contribution in [2.45, 2.75) is 51.9 Å². The highest BCUT2D eigenvalue weighted by Gasteiger charge is 2.36. The van der Waals surface area contributed by atoms with Gasteiger partial charge in [0.2, 0.25) is 0 Å². The van der Waals surface area contributed by atoms with Crippen molar-refractivity contribution >= 4 is 11.2 Å². The van der Waals surface area contributed by atoms with E-state index in [9.17, 15) is 4.39 Å². The van der Waals surface area contributed by atoms with Crippen LogP contribution in [0.15, 0.2) is 24.5 Å². The van der Waals surface area contributed by atoms with Gasteiger partial charge in [0.05, 0.1) is 11.9 Å². The summed E-state index contributed by atoms with van der Waals surface area (Å²) < 4.78 is 15.6. The quantitative estimate of drug-likeness (QED) is 0.709. The molecule has 0 spiro atoms. The fraction of sp³-hybridized carbons (Fsp3) is 0.476. The summed E-state index contributed by atoms with van der Waals surface area (Å²) in [5.41, 5.74) is 7.17. The molecule has 1 atom stereocenters. The van der Waals surface area contributed by atoms with Gasteiger partial charge in [-0.15, -0.1) is 0 Å². The number of rotatable bonds is 4. The molecule has 3 aromatic heterocycles. The molecule has 0 radical (unpaired) electrons. The molecule has 0 bridgehead atoms. The molecule has 27 heavy (non-hydrogen) atoms. The first-order chi connectivity index (χ1) is 13.2. The summed E-state index contributed by atoms with van der Waals surface area (Å²) in [7, 11) is 0. The number of hydrogen-bond acceptors (Lipinski definition) is 4. The van der Waals surface area contributed by atoms with Gasteiger partial charge in [-0.1, -0.05) is 6.07 Å². The molecule has 0 N–H and O–H groups in total. The SMILES string of the molecule is Cc1ccc(CCn2c3c(c4nc(CF)cnc42)C2CCCN2CC3)cn1. The normalized spacial score (nSPS) is 19.4. The van der Waals surface area contributed by atoms with Gasteiger partial charge < -0.3 is 4.57 Å². The van der Waals surface area contributed by atoms with Crippen molar-refractivity contribution in [2.24, 2.45) is 0 Å². The van der Waals surface area contributed by atoms with E-state index < -0.39 is 6.67 Å². The smallest absolute Gasteiger partial charge is 0.159 e. The highest BCUT2D eigenvalue weighted by Crippen LogP contribution is 2.42. The zero-order chi connectivity index (χ0) is 18.4. The van der Waals surface area contributed by atoms with Gasteiger partial charge in [0.15, 0.2) is 5.65 Å². The van der Waals surface area contributed by atoms with Gasteiger partial charge in [-0.25, -0.2) is 14.4 Å². The van der Waals surface area contributed by atoms with Gasteiger partial charge in [0, 0.05) is 48.7 Å². The van der Waals surface area contributed by atoms with Crippen LogP contribution in [0.4, 0.5) is 4.39 Å². The molecule has 1 unspecified atom stereocenters. The van der Waals surface area contributed by atoms with E-state index >= 15 is 0 Å².